The molecule has 2 atom stereocenters. The van der Waals surface area contributed by atoms with Gasteiger partial charge in [0.2, 0.25) is 0 Å². The van der Waals surface area contributed by atoms with Crippen molar-refractivity contribution in [1.82, 2.24) is 5.32 Å². The molecule has 0 aromatic heterocycles. The van der Waals surface area contributed by atoms with Gasteiger partial charge in [-0.25, -0.2) is 0 Å². The smallest absolute Gasteiger partial charge is 0.0145 e. The van der Waals surface area contributed by atoms with E-state index in [-0.39, 0.29) is 0 Å². The Kier molecular flexibility index (Phi) is 2.96. The summed E-state index contributed by atoms with van der Waals surface area (Å²) in [6.45, 7) is 0. The first kappa shape index (κ1) is 10.3. The van der Waals surface area contributed by atoms with E-state index in [1.807, 2.05) is 0 Å². The molecule has 0 saturated heterocycles. The lowest BCUT2D eigenvalue weighted by Crippen LogP contribution is -2.33. The highest BCUT2D eigenvalue weighted by molar-refractivity contribution is 5.27. The zero-order valence-electron chi connectivity index (χ0n) is 9.86. The maximum Gasteiger partial charge on any atom is 0.0145 e. The van der Waals surface area contributed by atoms with Gasteiger partial charge < -0.3 is 5.32 Å². The van der Waals surface area contributed by atoms with E-state index < -0.39 is 0 Å². The molecule has 0 radical (unpaired) electrons. The van der Waals surface area contributed by atoms with Gasteiger partial charge in [-0.3, -0.25) is 0 Å². The van der Waals surface area contributed by atoms with E-state index in [9.17, 15) is 0 Å². The minimum absolute atomic E-state index is 0.769. The van der Waals surface area contributed by atoms with Crippen LogP contribution in [0.1, 0.15) is 50.0 Å². The quantitative estimate of drug-likeness (QED) is 0.814. The van der Waals surface area contributed by atoms with Crippen molar-refractivity contribution in [2.24, 2.45) is 0 Å². The fourth-order valence-corrected chi connectivity index (χ4v) is 3.02. The molecule has 0 unspecified atom stereocenters. The van der Waals surface area contributed by atoms with Crippen molar-refractivity contribution < 1.29 is 0 Å². The van der Waals surface area contributed by atoms with E-state index in [4.69, 9.17) is 0 Å². The molecule has 0 spiro atoms. The second kappa shape index (κ2) is 4.58. The number of rotatable bonds is 3. The van der Waals surface area contributed by atoms with Crippen LogP contribution >= 0.6 is 0 Å². The second-order valence-corrected chi connectivity index (χ2v) is 5.36. The third-order valence-corrected chi connectivity index (χ3v) is 4.07. The van der Waals surface area contributed by atoms with Crippen molar-refractivity contribution in [1.29, 1.82) is 0 Å². The summed E-state index contributed by atoms with van der Waals surface area (Å²) >= 11 is 0. The molecule has 3 rings (SSSR count). The van der Waals surface area contributed by atoms with E-state index in [0.717, 1.165) is 18.0 Å². The van der Waals surface area contributed by atoms with Gasteiger partial charge in [0, 0.05) is 18.0 Å². The zero-order chi connectivity index (χ0) is 10.8. The maximum absolute atomic E-state index is 3.84. The van der Waals surface area contributed by atoms with E-state index >= 15 is 0 Å². The summed E-state index contributed by atoms with van der Waals surface area (Å²) in [6.07, 6.45) is 8.46. The highest BCUT2D eigenvalue weighted by atomic mass is 15.0. The van der Waals surface area contributed by atoms with Crippen LogP contribution in [0, 0.1) is 0 Å². The maximum atomic E-state index is 3.84. The van der Waals surface area contributed by atoms with Gasteiger partial charge in [-0.2, -0.15) is 0 Å². The third-order valence-electron chi connectivity index (χ3n) is 4.07. The fourth-order valence-electron chi connectivity index (χ4n) is 3.02. The van der Waals surface area contributed by atoms with Crippen LogP contribution < -0.4 is 5.32 Å². The molecular formula is C15H21N. The molecule has 1 N–H and O–H groups in total. The van der Waals surface area contributed by atoms with Gasteiger partial charge in [0.15, 0.2) is 0 Å². The number of hydrogen-bond donors (Lipinski definition) is 1. The van der Waals surface area contributed by atoms with Crippen LogP contribution in [0.2, 0.25) is 0 Å². The van der Waals surface area contributed by atoms with E-state index in [0.29, 0.717) is 0 Å². The standard InChI is InChI=1S/C15H21N/c1-3-7-12(8-4-1)14-11-15(14)16-13-9-5-2-6-10-13/h1,3-4,7-8,13-16H,2,5-6,9-11H2/t14-,15+/m0/s1. The number of hydrogen-bond acceptors (Lipinski definition) is 1. The predicted molar refractivity (Wildman–Crippen MR) is 67.6 cm³/mol. The summed E-state index contributed by atoms with van der Waals surface area (Å²) in [7, 11) is 0. The normalized spacial score (nSPS) is 30.2. The minimum atomic E-state index is 0.769. The van der Waals surface area contributed by atoms with Crippen LogP contribution in [0.4, 0.5) is 0 Å². The van der Waals surface area contributed by atoms with Gasteiger partial charge in [-0.15, -0.1) is 0 Å². The van der Waals surface area contributed by atoms with Gasteiger partial charge in [-0.1, -0.05) is 49.6 Å². The Labute approximate surface area is 98.3 Å². The van der Waals surface area contributed by atoms with Crippen molar-refractivity contribution in [2.75, 3.05) is 0 Å². The van der Waals surface area contributed by atoms with Crippen molar-refractivity contribution >= 4 is 0 Å². The SMILES string of the molecule is c1ccc([C@@H]2C[C@H]2NC2CCCCC2)cc1. The summed E-state index contributed by atoms with van der Waals surface area (Å²) in [5.74, 6) is 0.795. The molecule has 1 nitrogen and oxygen atoms in total. The molecule has 2 fully saturated rings. The predicted octanol–water partition coefficient (Wildman–Crippen LogP) is 3.46. The van der Waals surface area contributed by atoms with Crippen LogP contribution in [0.25, 0.3) is 0 Å². The molecule has 86 valence electrons. The van der Waals surface area contributed by atoms with Crippen LogP contribution in [-0.4, -0.2) is 12.1 Å². The van der Waals surface area contributed by atoms with Crippen LogP contribution in [-0.2, 0) is 0 Å². The number of nitrogens with one attached hydrogen (secondary N) is 1. The average Bonchev–Trinajstić information content (AvgIpc) is 3.11. The Balaban J connectivity index is 1.52. The first-order valence-corrected chi connectivity index (χ1v) is 6.74. The molecule has 2 aliphatic carbocycles. The van der Waals surface area contributed by atoms with Crippen LogP contribution in [0.15, 0.2) is 30.3 Å². The first-order chi connectivity index (χ1) is 7.93. The Hall–Kier alpha value is -0.820. The second-order valence-electron chi connectivity index (χ2n) is 5.36. The Morgan fingerprint density at radius 2 is 1.69 bits per heavy atom. The van der Waals surface area contributed by atoms with Crippen LogP contribution in [0.5, 0.6) is 0 Å². The largest absolute Gasteiger partial charge is 0.311 e. The lowest BCUT2D eigenvalue weighted by molar-refractivity contribution is 0.369. The lowest BCUT2D eigenvalue weighted by Gasteiger charge is -2.23. The van der Waals surface area contributed by atoms with Gasteiger partial charge in [0.25, 0.3) is 0 Å². The van der Waals surface area contributed by atoms with Gasteiger partial charge in [0.05, 0.1) is 0 Å². The average molecular weight is 215 g/mol. The fraction of sp³-hybridized carbons (Fsp3) is 0.600. The molecule has 0 heterocycles. The van der Waals surface area contributed by atoms with Crippen molar-refractivity contribution in [3.05, 3.63) is 35.9 Å². The molecule has 1 heteroatoms. The Morgan fingerprint density at radius 3 is 2.44 bits per heavy atom. The van der Waals surface area contributed by atoms with Gasteiger partial charge in [-0.05, 0) is 24.8 Å². The highest BCUT2D eigenvalue weighted by Gasteiger charge is 2.39. The molecule has 0 amide bonds. The summed E-state index contributed by atoms with van der Waals surface area (Å²) in [6, 6.07) is 12.5. The minimum Gasteiger partial charge on any atom is -0.311 e. The Bertz CT molecular complexity index is 327. The summed E-state index contributed by atoms with van der Waals surface area (Å²) in [5.41, 5.74) is 1.52. The highest BCUT2D eigenvalue weighted by Crippen LogP contribution is 2.41. The van der Waals surface area contributed by atoms with Crippen molar-refractivity contribution in [3.8, 4) is 0 Å². The summed E-state index contributed by atoms with van der Waals surface area (Å²) < 4.78 is 0. The molecule has 0 bridgehead atoms. The molecule has 16 heavy (non-hydrogen) atoms. The van der Waals surface area contributed by atoms with E-state index in [1.165, 1.54) is 44.1 Å². The van der Waals surface area contributed by atoms with Crippen molar-refractivity contribution in [2.45, 2.75) is 56.5 Å². The first-order valence-electron chi connectivity index (χ1n) is 6.74. The summed E-state index contributed by atoms with van der Waals surface area (Å²) in [5, 5.41) is 3.84. The molecule has 1 aromatic rings. The molecule has 0 aliphatic heterocycles. The van der Waals surface area contributed by atoms with Gasteiger partial charge >= 0.3 is 0 Å². The van der Waals surface area contributed by atoms with Gasteiger partial charge in [0.1, 0.15) is 0 Å². The topological polar surface area (TPSA) is 12.0 Å². The molecule has 2 saturated carbocycles. The molecular weight excluding hydrogens is 194 g/mol. The monoisotopic (exact) mass is 215 g/mol. The Morgan fingerprint density at radius 1 is 0.938 bits per heavy atom. The summed E-state index contributed by atoms with van der Waals surface area (Å²) in [4.78, 5) is 0. The third kappa shape index (κ3) is 2.30. The zero-order valence-corrected chi connectivity index (χ0v) is 9.86. The van der Waals surface area contributed by atoms with E-state index in [1.54, 1.807) is 0 Å². The van der Waals surface area contributed by atoms with Crippen molar-refractivity contribution in [3.63, 3.8) is 0 Å². The lowest BCUT2D eigenvalue weighted by atomic mass is 9.95. The van der Waals surface area contributed by atoms with E-state index in [2.05, 4.69) is 35.6 Å². The van der Waals surface area contributed by atoms with Crippen LogP contribution in [0.3, 0.4) is 0 Å². The molecule has 2 aliphatic rings. The molecule has 1 aromatic carbocycles. The number of benzene rings is 1.